The highest BCUT2D eigenvalue weighted by molar-refractivity contribution is 4.74. The van der Waals surface area contributed by atoms with Gasteiger partial charge in [-0.3, -0.25) is 0 Å². The molecule has 1 heterocycles. The predicted octanol–water partition coefficient (Wildman–Crippen LogP) is 3.41. The smallest absolute Gasteiger partial charge is 0.0835 e. The molecule has 1 rings (SSSR count). The molecule has 0 radical (unpaired) electrons. The van der Waals surface area contributed by atoms with Crippen LogP contribution in [-0.4, -0.2) is 37.6 Å². The Balaban J connectivity index is 2.27. The molecule has 0 aliphatic carbocycles. The Labute approximate surface area is 112 Å². The molecule has 108 valence electrons. The average Bonchev–Trinajstić information content (AvgIpc) is 2.13. The Morgan fingerprint density at radius 2 is 1.61 bits per heavy atom. The number of hydrogen-bond acceptors (Lipinski definition) is 3. The lowest BCUT2D eigenvalue weighted by Crippen LogP contribution is -2.39. The van der Waals surface area contributed by atoms with Gasteiger partial charge in [0, 0.05) is 6.61 Å². The first-order chi connectivity index (χ1) is 8.16. The molecule has 3 heteroatoms. The molecule has 0 bridgehead atoms. The van der Waals surface area contributed by atoms with Gasteiger partial charge in [0.05, 0.1) is 31.0 Å². The van der Waals surface area contributed by atoms with Gasteiger partial charge in [0.25, 0.3) is 0 Å². The zero-order chi connectivity index (χ0) is 13.8. The summed E-state index contributed by atoms with van der Waals surface area (Å²) in [6.07, 6.45) is 2.38. The van der Waals surface area contributed by atoms with Gasteiger partial charge in [-0.15, -0.1) is 0 Å². The van der Waals surface area contributed by atoms with E-state index in [9.17, 15) is 0 Å². The summed E-state index contributed by atoms with van der Waals surface area (Å²) in [5.74, 6) is 0. The van der Waals surface area contributed by atoms with Gasteiger partial charge in [-0.05, 0) is 39.0 Å². The average molecular weight is 258 g/mol. The zero-order valence-electron chi connectivity index (χ0n) is 12.9. The first-order valence-corrected chi connectivity index (χ1v) is 7.03. The van der Waals surface area contributed by atoms with Crippen molar-refractivity contribution >= 4 is 0 Å². The van der Waals surface area contributed by atoms with E-state index in [1.54, 1.807) is 0 Å². The molecule has 2 atom stereocenters. The van der Waals surface area contributed by atoms with E-state index in [0.717, 1.165) is 26.1 Å². The van der Waals surface area contributed by atoms with Gasteiger partial charge in [-0.25, -0.2) is 0 Å². The van der Waals surface area contributed by atoms with Gasteiger partial charge in [0.1, 0.15) is 0 Å². The molecule has 0 spiro atoms. The minimum absolute atomic E-state index is 0.0691. The van der Waals surface area contributed by atoms with E-state index in [4.69, 9.17) is 14.2 Å². The van der Waals surface area contributed by atoms with Crippen LogP contribution in [0.5, 0.6) is 0 Å². The fraction of sp³-hybridized carbons (Fsp3) is 1.00. The second-order valence-corrected chi connectivity index (χ2v) is 7.43. The molecule has 1 fully saturated rings. The third-order valence-electron chi connectivity index (χ3n) is 2.81. The molecule has 0 aromatic rings. The highest BCUT2D eigenvalue weighted by Crippen LogP contribution is 2.25. The SMILES string of the molecule is CC(C)(C)CC1COCC(CCOC(C)(C)C)O1. The normalized spacial score (nSPS) is 26.3. The summed E-state index contributed by atoms with van der Waals surface area (Å²) < 4.78 is 17.4. The van der Waals surface area contributed by atoms with Crippen molar-refractivity contribution in [3.05, 3.63) is 0 Å². The molecule has 1 aliphatic rings. The topological polar surface area (TPSA) is 27.7 Å². The minimum Gasteiger partial charge on any atom is -0.376 e. The van der Waals surface area contributed by atoms with Gasteiger partial charge in [0.15, 0.2) is 0 Å². The zero-order valence-corrected chi connectivity index (χ0v) is 12.9. The summed E-state index contributed by atoms with van der Waals surface area (Å²) in [6, 6.07) is 0. The van der Waals surface area contributed by atoms with Gasteiger partial charge >= 0.3 is 0 Å². The van der Waals surface area contributed by atoms with Crippen molar-refractivity contribution in [3.63, 3.8) is 0 Å². The number of hydrogen-bond donors (Lipinski definition) is 0. The van der Waals surface area contributed by atoms with Gasteiger partial charge in [-0.1, -0.05) is 20.8 Å². The van der Waals surface area contributed by atoms with Crippen LogP contribution >= 0.6 is 0 Å². The molecule has 0 amide bonds. The Hall–Kier alpha value is -0.120. The van der Waals surface area contributed by atoms with Crippen LogP contribution in [-0.2, 0) is 14.2 Å². The molecule has 1 saturated heterocycles. The van der Waals surface area contributed by atoms with Crippen LogP contribution in [0.15, 0.2) is 0 Å². The Morgan fingerprint density at radius 3 is 2.17 bits per heavy atom. The molecule has 18 heavy (non-hydrogen) atoms. The summed E-state index contributed by atoms with van der Waals surface area (Å²) in [5.41, 5.74) is 0.220. The van der Waals surface area contributed by atoms with E-state index < -0.39 is 0 Å². The number of ether oxygens (including phenoxy) is 3. The van der Waals surface area contributed by atoms with Crippen molar-refractivity contribution in [2.24, 2.45) is 5.41 Å². The maximum atomic E-state index is 6.07. The van der Waals surface area contributed by atoms with Crippen LogP contribution in [0.1, 0.15) is 54.4 Å². The molecule has 0 aromatic heterocycles. The lowest BCUT2D eigenvalue weighted by Gasteiger charge is -2.34. The first-order valence-electron chi connectivity index (χ1n) is 7.03. The maximum absolute atomic E-state index is 6.07. The van der Waals surface area contributed by atoms with Crippen LogP contribution in [0.2, 0.25) is 0 Å². The highest BCUT2D eigenvalue weighted by atomic mass is 16.6. The molecule has 3 nitrogen and oxygen atoms in total. The summed E-state index contributed by atoms with van der Waals surface area (Å²) in [7, 11) is 0. The van der Waals surface area contributed by atoms with Crippen LogP contribution in [0.25, 0.3) is 0 Å². The minimum atomic E-state index is -0.0691. The van der Waals surface area contributed by atoms with E-state index in [2.05, 4.69) is 41.5 Å². The van der Waals surface area contributed by atoms with Crippen molar-refractivity contribution in [1.82, 2.24) is 0 Å². The quantitative estimate of drug-likeness (QED) is 0.773. The lowest BCUT2D eigenvalue weighted by atomic mass is 9.89. The van der Waals surface area contributed by atoms with E-state index in [0.29, 0.717) is 6.61 Å². The Morgan fingerprint density at radius 1 is 1.00 bits per heavy atom. The van der Waals surface area contributed by atoms with Crippen molar-refractivity contribution in [2.45, 2.75) is 72.2 Å². The van der Waals surface area contributed by atoms with E-state index in [1.165, 1.54) is 0 Å². The van der Waals surface area contributed by atoms with Gasteiger partial charge in [0.2, 0.25) is 0 Å². The summed E-state index contributed by atoms with van der Waals surface area (Å²) in [5, 5.41) is 0. The van der Waals surface area contributed by atoms with E-state index in [-0.39, 0.29) is 23.2 Å². The summed E-state index contributed by atoms with van der Waals surface area (Å²) in [4.78, 5) is 0. The highest BCUT2D eigenvalue weighted by Gasteiger charge is 2.27. The molecule has 0 saturated carbocycles. The fourth-order valence-electron chi connectivity index (χ4n) is 2.12. The molecule has 0 aromatic carbocycles. The molecule has 2 unspecified atom stereocenters. The van der Waals surface area contributed by atoms with Crippen molar-refractivity contribution in [2.75, 3.05) is 19.8 Å². The van der Waals surface area contributed by atoms with Crippen molar-refractivity contribution < 1.29 is 14.2 Å². The third kappa shape index (κ3) is 7.34. The van der Waals surface area contributed by atoms with Crippen LogP contribution < -0.4 is 0 Å². The summed E-state index contributed by atoms with van der Waals surface area (Å²) >= 11 is 0. The molecular formula is C15H30O3. The van der Waals surface area contributed by atoms with Crippen LogP contribution in [0.3, 0.4) is 0 Å². The van der Waals surface area contributed by atoms with Gasteiger partial charge < -0.3 is 14.2 Å². The van der Waals surface area contributed by atoms with E-state index in [1.807, 2.05) is 0 Å². The van der Waals surface area contributed by atoms with Crippen molar-refractivity contribution in [1.29, 1.82) is 0 Å². The second-order valence-electron chi connectivity index (χ2n) is 7.43. The molecule has 1 aliphatic heterocycles. The monoisotopic (exact) mass is 258 g/mol. The Bertz CT molecular complexity index is 237. The van der Waals surface area contributed by atoms with Gasteiger partial charge in [-0.2, -0.15) is 0 Å². The number of rotatable bonds is 4. The predicted molar refractivity (Wildman–Crippen MR) is 73.9 cm³/mol. The fourth-order valence-corrected chi connectivity index (χ4v) is 2.12. The standard InChI is InChI=1S/C15H30O3/c1-14(2,3)9-13-11-16-10-12(18-13)7-8-17-15(4,5)6/h12-13H,7-11H2,1-6H3. The molecule has 0 N–H and O–H groups in total. The lowest BCUT2D eigenvalue weighted by molar-refractivity contribution is -0.156. The van der Waals surface area contributed by atoms with E-state index >= 15 is 0 Å². The Kier molecular flexibility index (Phi) is 5.63. The first kappa shape index (κ1) is 15.9. The second kappa shape index (κ2) is 6.36. The van der Waals surface area contributed by atoms with Crippen LogP contribution in [0.4, 0.5) is 0 Å². The third-order valence-corrected chi connectivity index (χ3v) is 2.81. The van der Waals surface area contributed by atoms with Crippen LogP contribution in [0, 0.1) is 5.41 Å². The van der Waals surface area contributed by atoms with Crippen molar-refractivity contribution in [3.8, 4) is 0 Å². The molecular weight excluding hydrogens is 228 g/mol. The maximum Gasteiger partial charge on any atom is 0.0835 e. The summed E-state index contributed by atoms with van der Waals surface area (Å²) in [6.45, 7) is 15.1. The largest absolute Gasteiger partial charge is 0.376 e.